The summed E-state index contributed by atoms with van der Waals surface area (Å²) >= 11 is 0. The molecule has 0 bridgehead atoms. The highest BCUT2D eigenvalue weighted by atomic mass is 32.2. The Morgan fingerprint density at radius 2 is 1.15 bits per heavy atom. The fourth-order valence-electron chi connectivity index (χ4n) is 4.30. The Kier molecular flexibility index (Phi) is 29.6. The van der Waals surface area contributed by atoms with Crippen molar-refractivity contribution in [3.05, 3.63) is 0 Å². The summed E-state index contributed by atoms with van der Waals surface area (Å²) in [6, 6.07) is 0. The van der Waals surface area contributed by atoms with Crippen LogP contribution in [-0.2, 0) is 30.4 Å². The lowest BCUT2D eigenvalue weighted by Crippen LogP contribution is -2.36. The average Bonchev–Trinajstić information content (AvgIpc) is 2.83. The van der Waals surface area contributed by atoms with Crippen LogP contribution in [0.25, 0.3) is 0 Å². The zero-order chi connectivity index (χ0) is 29.8. The molecule has 0 rings (SSSR count). The van der Waals surface area contributed by atoms with Crippen LogP contribution in [0.1, 0.15) is 122 Å². The van der Waals surface area contributed by atoms with Gasteiger partial charge in [0.05, 0.1) is 50.5 Å². The van der Waals surface area contributed by atoms with Crippen molar-refractivity contribution in [3.63, 3.8) is 0 Å². The summed E-state index contributed by atoms with van der Waals surface area (Å²) in [5, 5.41) is 0. The molecule has 0 fully saturated rings. The lowest BCUT2D eigenvalue weighted by Gasteiger charge is -2.23. The van der Waals surface area contributed by atoms with Crippen LogP contribution in [0, 0.1) is 0 Å². The molecule has 0 saturated heterocycles. The Morgan fingerprint density at radius 1 is 0.744 bits per heavy atom. The van der Waals surface area contributed by atoms with E-state index in [1.54, 1.807) is 7.11 Å². The van der Waals surface area contributed by atoms with Gasteiger partial charge in [-0.1, -0.05) is 103 Å². The molecule has 7 nitrogen and oxygen atoms in total. The van der Waals surface area contributed by atoms with Gasteiger partial charge in [0.1, 0.15) is 0 Å². The molecule has 0 heterocycles. The van der Waals surface area contributed by atoms with Crippen LogP contribution < -0.4 is 0 Å². The Bertz CT molecular complexity index is 630. The second kappa shape index (κ2) is 28.1. The normalized spacial score (nSPS) is 13.6. The van der Waals surface area contributed by atoms with Gasteiger partial charge in [0, 0.05) is 48.7 Å². The summed E-state index contributed by atoms with van der Waals surface area (Å²) < 4.78 is 51.7. The maximum Gasteiger partial charge on any atom is 0.0916 e. The molecule has 9 heteroatoms. The third-order valence-corrected chi connectivity index (χ3v) is 8.08. The van der Waals surface area contributed by atoms with Crippen molar-refractivity contribution < 1.29 is 31.1 Å². The fourth-order valence-corrected chi connectivity index (χ4v) is 5.48. The van der Waals surface area contributed by atoms with Crippen LogP contribution in [-0.4, -0.2) is 93.5 Å². The van der Waals surface area contributed by atoms with E-state index in [1.807, 2.05) is 0 Å². The summed E-state index contributed by atoms with van der Waals surface area (Å²) in [5.41, 5.74) is 0. The molecular formula is C30H65NO6S2. The Morgan fingerprint density at radius 3 is 1.54 bits per heavy atom. The van der Waals surface area contributed by atoms with Crippen molar-refractivity contribution in [2.24, 2.45) is 0 Å². The van der Waals surface area contributed by atoms with Crippen LogP contribution in [0.3, 0.4) is 0 Å². The smallest absolute Gasteiger partial charge is 0.0916 e. The standard InChI is InChI=1S/C29H62NO3S.CH4O3S/c1-6-7-8-9-10-11-12-13-14-15-16-17-18-19-20-21-25-33-28-29(32-5)23-27-34(31)26-22-24-30(2,3)4;1-5(2,3)4/h29H,6-28H2,1-5H3;1H3,(H,2,3,4)/q+1;/p-1. The van der Waals surface area contributed by atoms with Gasteiger partial charge in [-0.15, -0.1) is 0 Å². The van der Waals surface area contributed by atoms with E-state index in [0.29, 0.717) is 12.9 Å². The van der Waals surface area contributed by atoms with Gasteiger partial charge in [-0.25, -0.2) is 8.42 Å². The molecule has 0 aromatic heterocycles. The first kappa shape index (κ1) is 41.1. The van der Waals surface area contributed by atoms with E-state index in [2.05, 4.69) is 28.1 Å². The van der Waals surface area contributed by atoms with Crippen LogP contribution in [0.4, 0.5) is 0 Å². The first-order valence-electron chi connectivity index (χ1n) is 15.6. The molecule has 2 atom stereocenters. The van der Waals surface area contributed by atoms with Crippen LogP contribution in [0.15, 0.2) is 0 Å². The lowest BCUT2D eigenvalue weighted by atomic mass is 10.0. The molecule has 0 aliphatic rings. The fraction of sp³-hybridized carbons (Fsp3) is 1.00. The van der Waals surface area contributed by atoms with Crippen LogP contribution in [0.5, 0.6) is 0 Å². The van der Waals surface area contributed by atoms with Gasteiger partial charge in [-0.3, -0.25) is 4.21 Å². The van der Waals surface area contributed by atoms with E-state index in [0.717, 1.165) is 48.4 Å². The number of hydrogen-bond acceptors (Lipinski definition) is 6. The van der Waals surface area contributed by atoms with Gasteiger partial charge >= 0.3 is 0 Å². The number of unbranched alkanes of at least 4 members (excludes halogenated alkanes) is 15. The molecule has 0 aliphatic carbocycles. The van der Waals surface area contributed by atoms with Gasteiger partial charge in [0.25, 0.3) is 0 Å². The van der Waals surface area contributed by atoms with Crippen molar-refractivity contribution in [2.75, 3.05) is 65.8 Å². The maximum absolute atomic E-state index is 12.2. The molecule has 0 spiro atoms. The minimum Gasteiger partial charge on any atom is -0.748 e. The van der Waals surface area contributed by atoms with Gasteiger partial charge in [-0.05, 0) is 12.8 Å². The largest absolute Gasteiger partial charge is 0.748 e. The summed E-state index contributed by atoms with van der Waals surface area (Å²) in [7, 11) is 3.62. The molecule has 0 saturated carbocycles. The third-order valence-electron chi connectivity index (χ3n) is 6.65. The monoisotopic (exact) mass is 599 g/mol. The number of hydrogen-bond donors (Lipinski definition) is 0. The summed E-state index contributed by atoms with van der Waals surface area (Å²) in [4.78, 5) is 0. The highest BCUT2D eigenvalue weighted by Gasteiger charge is 2.12. The molecule has 0 radical (unpaired) electrons. The van der Waals surface area contributed by atoms with Crippen LogP contribution in [0.2, 0.25) is 0 Å². The van der Waals surface area contributed by atoms with Gasteiger partial charge in [-0.2, -0.15) is 0 Å². The van der Waals surface area contributed by atoms with Crippen molar-refractivity contribution in [2.45, 2.75) is 129 Å². The number of rotatable bonds is 27. The van der Waals surface area contributed by atoms with Crippen molar-refractivity contribution >= 4 is 20.9 Å². The molecule has 0 N–H and O–H groups in total. The Labute approximate surface area is 246 Å². The van der Waals surface area contributed by atoms with E-state index in [1.165, 1.54) is 96.3 Å². The molecule has 0 amide bonds. The molecule has 0 aromatic rings. The molecular weight excluding hydrogens is 534 g/mol. The maximum atomic E-state index is 12.2. The summed E-state index contributed by atoms with van der Waals surface area (Å²) in [6.07, 6.45) is 24.8. The zero-order valence-corrected chi connectivity index (χ0v) is 28.2. The molecule has 39 heavy (non-hydrogen) atoms. The van der Waals surface area contributed by atoms with Crippen LogP contribution >= 0.6 is 0 Å². The summed E-state index contributed by atoms with van der Waals surface area (Å²) in [5.74, 6) is 1.52. The first-order chi connectivity index (χ1) is 18.4. The van der Waals surface area contributed by atoms with E-state index in [4.69, 9.17) is 22.4 Å². The van der Waals surface area contributed by atoms with Gasteiger partial charge in [0.15, 0.2) is 0 Å². The minimum absolute atomic E-state index is 0.0726. The van der Waals surface area contributed by atoms with E-state index in [-0.39, 0.29) is 6.10 Å². The number of nitrogens with zero attached hydrogens (tertiary/aromatic N) is 1. The SMILES string of the molecule is CCCCCCCCCCCCCCCCCCOCC(CCS(=O)CCC[N+](C)(C)C)OC.CS(=O)(=O)[O-]. The van der Waals surface area contributed by atoms with E-state index in [9.17, 15) is 4.21 Å². The highest BCUT2D eigenvalue weighted by molar-refractivity contribution is 7.85. The third kappa shape index (κ3) is 42.5. The Hall–Kier alpha value is -0.0600. The van der Waals surface area contributed by atoms with E-state index < -0.39 is 20.9 Å². The second-order valence-corrected chi connectivity index (χ2v) is 15.0. The molecule has 0 aromatic carbocycles. The predicted molar refractivity (Wildman–Crippen MR) is 167 cm³/mol. The number of ether oxygens (including phenoxy) is 2. The Balaban J connectivity index is 0. The average molecular weight is 600 g/mol. The van der Waals surface area contributed by atoms with Crippen molar-refractivity contribution in [1.82, 2.24) is 0 Å². The minimum atomic E-state index is -3.92. The quantitative estimate of drug-likeness (QED) is 0.0594. The second-order valence-electron chi connectivity index (χ2n) is 11.9. The number of quaternary nitrogens is 1. The lowest BCUT2D eigenvalue weighted by molar-refractivity contribution is -0.870. The highest BCUT2D eigenvalue weighted by Crippen LogP contribution is 2.14. The topological polar surface area (TPSA) is 92.7 Å². The summed E-state index contributed by atoms with van der Waals surface area (Å²) in [6.45, 7) is 4.82. The van der Waals surface area contributed by atoms with Gasteiger partial charge < -0.3 is 18.5 Å². The van der Waals surface area contributed by atoms with E-state index >= 15 is 0 Å². The van der Waals surface area contributed by atoms with Gasteiger partial charge in [0.2, 0.25) is 0 Å². The molecule has 2 unspecified atom stereocenters. The van der Waals surface area contributed by atoms with Crippen molar-refractivity contribution in [3.8, 4) is 0 Å². The molecule has 0 aliphatic heterocycles. The molecule has 238 valence electrons. The number of methoxy groups -OCH3 is 1. The predicted octanol–water partition coefficient (Wildman–Crippen LogP) is 6.68. The first-order valence-corrected chi connectivity index (χ1v) is 18.9. The zero-order valence-electron chi connectivity index (χ0n) is 26.6. The van der Waals surface area contributed by atoms with Crippen molar-refractivity contribution in [1.29, 1.82) is 0 Å².